The van der Waals surface area contributed by atoms with Gasteiger partial charge in [0, 0.05) is 19.6 Å². The van der Waals surface area contributed by atoms with Gasteiger partial charge in [-0.1, -0.05) is 30.1 Å². The molecule has 0 saturated carbocycles. The Bertz CT molecular complexity index is 494. The van der Waals surface area contributed by atoms with Crippen LogP contribution in [-0.4, -0.2) is 37.1 Å². The van der Waals surface area contributed by atoms with Crippen LogP contribution in [0, 0.1) is 0 Å². The zero-order valence-corrected chi connectivity index (χ0v) is 14.3. The van der Waals surface area contributed by atoms with E-state index in [1.807, 2.05) is 13.8 Å². The van der Waals surface area contributed by atoms with Crippen molar-refractivity contribution in [3.8, 4) is 0 Å². The summed E-state index contributed by atoms with van der Waals surface area (Å²) in [4.78, 5) is 17.9. The van der Waals surface area contributed by atoms with E-state index in [2.05, 4.69) is 22.5 Å². The number of carbonyl (C=O) groups is 1. The molecule has 7 heteroatoms. The van der Waals surface area contributed by atoms with Crippen LogP contribution in [0.5, 0.6) is 0 Å². The van der Waals surface area contributed by atoms with E-state index in [9.17, 15) is 4.79 Å². The molecule has 0 fully saturated rings. The molecule has 0 bridgehead atoms. The number of rotatable bonds is 7. The van der Waals surface area contributed by atoms with Gasteiger partial charge in [0.2, 0.25) is 5.91 Å². The Hall–Kier alpha value is -1.20. The van der Waals surface area contributed by atoms with Crippen LogP contribution in [0.4, 0.5) is 11.6 Å². The van der Waals surface area contributed by atoms with Crippen molar-refractivity contribution in [1.82, 2.24) is 10.3 Å². The van der Waals surface area contributed by atoms with Gasteiger partial charge in [0.15, 0.2) is 0 Å². The minimum absolute atomic E-state index is 0.0802. The maximum atomic E-state index is 11.8. The average molecular weight is 333 g/mol. The first kappa shape index (κ1) is 17.9. The Balaban J connectivity index is 2.87. The number of pyridine rings is 1. The van der Waals surface area contributed by atoms with Gasteiger partial charge in [-0.2, -0.15) is 0 Å². The number of anilines is 2. The molecule has 21 heavy (non-hydrogen) atoms. The van der Waals surface area contributed by atoms with Crippen LogP contribution in [0.15, 0.2) is 6.07 Å². The van der Waals surface area contributed by atoms with Gasteiger partial charge in [-0.05, 0) is 26.3 Å². The highest BCUT2D eigenvalue weighted by Crippen LogP contribution is 2.30. The molecule has 0 aliphatic heterocycles. The summed E-state index contributed by atoms with van der Waals surface area (Å²) in [5.41, 5.74) is 0. The molecule has 0 unspecified atom stereocenters. The number of hydrogen-bond donors (Lipinski definition) is 2. The van der Waals surface area contributed by atoms with Crippen molar-refractivity contribution >= 4 is 40.7 Å². The van der Waals surface area contributed by atoms with Crippen LogP contribution in [0.25, 0.3) is 0 Å². The molecule has 1 rings (SSSR count). The van der Waals surface area contributed by atoms with Gasteiger partial charge < -0.3 is 15.5 Å². The van der Waals surface area contributed by atoms with Crippen LogP contribution in [0.2, 0.25) is 10.0 Å². The third-order valence-corrected chi connectivity index (χ3v) is 3.21. The highest BCUT2D eigenvalue weighted by molar-refractivity contribution is 6.37. The molecule has 2 N–H and O–H groups in total. The van der Waals surface area contributed by atoms with E-state index in [4.69, 9.17) is 23.2 Å². The molecular weight excluding hydrogens is 311 g/mol. The van der Waals surface area contributed by atoms with Crippen molar-refractivity contribution < 1.29 is 4.79 Å². The second kappa shape index (κ2) is 8.29. The Morgan fingerprint density at radius 2 is 2.05 bits per heavy atom. The molecule has 0 aliphatic rings. The molecule has 1 amide bonds. The second-order valence-corrected chi connectivity index (χ2v) is 5.94. The first-order valence-electron chi connectivity index (χ1n) is 6.95. The largest absolute Gasteiger partial charge is 0.369 e. The summed E-state index contributed by atoms with van der Waals surface area (Å²) in [6, 6.07) is 1.74. The summed E-state index contributed by atoms with van der Waals surface area (Å²) < 4.78 is 0. The van der Waals surface area contributed by atoms with Gasteiger partial charge >= 0.3 is 0 Å². The Labute approximate surface area is 136 Å². The molecule has 118 valence electrons. The van der Waals surface area contributed by atoms with Crippen LogP contribution in [-0.2, 0) is 4.79 Å². The lowest BCUT2D eigenvalue weighted by atomic mass is 10.3. The fourth-order valence-electron chi connectivity index (χ4n) is 1.75. The number of hydrogen-bond acceptors (Lipinski definition) is 4. The average Bonchev–Trinajstić information content (AvgIpc) is 2.36. The Morgan fingerprint density at radius 1 is 1.38 bits per heavy atom. The number of nitrogens with zero attached hydrogens (tertiary/aromatic N) is 2. The predicted molar refractivity (Wildman–Crippen MR) is 89.6 cm³/mol. The fourth-order valence-corrected chi connectivity index (χ4v) is 2.32. The number of nitrogens with one attached hydrogen (secondary N) is 2. The van der Waals surface area contributed by atoms with Gasteiger partial charge in [0.25, 0.3) is 0 Å². The van der Waals surface area contributed by atoms with Crippen LogP contribution < -0.4 is 15.5 Å². The van der Waals surface area contributed by atoms with Gasteiger partial charge in [0.1, 0.15) is 11.6 Å². The molecule has 0 atom stereocenters. The molecule has 1 heterocycles. The van der Waals surface area contributed by atoms with Crippen LogP contribution >= 0.6 is 23.2 Å². The quantitative estimate of drug-likeness (QED) is 0.805. The maximum Gasteiger partial charge on any atom is 0.239 e. The summed E-state index contributed by atoms with van der Waals surface area (Å²) >= 11 is 12.3. The van der Waals surface area contributed by atoms with Gasteiger partial charge in [-0.3, -0.25) is 4.79 Å². The molecule has 5 nitrogen and oxygen atoms in total. The zero-order chi connectivity index (χ0) is 16.0. The minimum atomic E-state index is -0.0802. The summed E-state index contributed by atoms with van der Waals surface area (Å²) in [6.45, 7) is 6.83. The Morgan fingerprint density at radius 3 is 2.62 bits per heavy atom. The minimum Gasteiger partial charge on any atom is -0.369 e. The van der Waals surface area contributed by atoms with Crippen molar-refractivity contribution in [2.45, 2.75) is 33.2 Å². The molecule has 1 aromatic heterocycles. The summed E-state index contributed by atoms with van der Waals surface area (Å²) in [5.74, 6) is 1.02. The van der Waals surface area contributed by atoms with Crippen molar-refractivity contribution in [2.75, 3.05) is 30.4 Å². The predicted octanol–water partition coefficient (Wildman–Crippen LogP) is 3.17. The van der Waals surface area contributed by atoms with Gasteiger partial charge in [0.05, 0.1) is 16.6 Å². The Kier molecular flexibility index (Phi) is 7.05. The molecular formula is C14H22Cl2N4O. The lowest BCUT2D eigenvalue weighted by molar-refractivity contribution is -0.120. The van der Waals surface area contributed by atoms with Crippen molar-refractivity contribution in [2.24, 2.45) is 0 Å². The van der Waals surface area contributed by atoms with Crippen molar-refractivity contribution in [3.05, 3.63) is 16.1 Å². The SMILES string of the molecule is CCCNc1nc(N(C)CC(=O)NC(C)C)c(Cl)cc1Cl. The number of likely N-dealkylation sites (N-methyl/N-ethyl adjacent to an activating group) is 1. The summed E-state index contributed by atoms with van der Waals surface area (Å²) in [5, 5.41) is 6.86. The number of aromatic nitrogens is 1. The van der Waals surface area contributed by atoms with Crippen molar-refractivity contribution in [1.29, 1.82) is 0 Å². The van der Waals surface area contributed by atoms with E-state index in [0.717, 1.165) is 13.0 Å². The lowest BCUT2D eigenvalue weighted by Crippen LogP contribution is -2.39. The molecule has 1 aromatic rings. The molecule has 0 aromatic carbocycles. The molecule has 0 spiro atoms. The zero-order valence-electron chi connectivity index (χ0n) is 12.8. The molecule has 0 radical (unpaired) electrons. The standard InChI is InChI=1S/C14H22Cl2N4O/c1-5-6-17-13-10(15)7-11(16)14(19-13)20(4)8-12(21)18-9(2)3/h7,9H,5-6,8H2,1-4H3,(H,17,19)(H,18,21). The normalized spacial score (nSPS) is 10.6. The smallest absolute Gasteiger partial charge is 0.239 e. The summed E-state index contributed by atoms with van der Waals surface area (Å²) in [6.07, 6.45) is 0.961. The number of carbonyl (C=O) groups excluding carboxylic acids is 1. The van der Waals surface area contributed by atoms with E-state index in [1.165, 1.54) is 0 Å². The molecule has 0 saturated heterocycles. The highest BCUT2D eigenvalue weighted by Gasteiger charge is 2.15. The number of amides is 1. The second-order valence-electron chi connectivity index (χ2n) is 5.13. The van der Waals surface area contributed by atoms with E-state index in [1.54, 1.807) is 18.0 Å². The maximum absolute atomic E-state index is 11.8. The van der Waals surface area contributed by atoms with Gasteiger partial charge in [-0.25, -0.2) is 4.98 Å². The van der Waals surface area contributed by atoms with Crippen molar-refractivity contribution in [3.63, 3.8) is 0 Å². The third kappa shape index (κ3) is 5.59. The van der Waals surface area contributed by atoms with E-state index >= 15 is 0 Å². The van der Waals surface area contributed by atoms with E-state index in [-0.39, 0.29) is 18.5 Å². The van der Waals surface area contributed by atoms with Gasteiger partial charge in [-0.15, -0.1) is 0 Å². The monoisotopic (exact) mass is 332 g/mol. The first-order valence-corrected chi connectivity index (χ1v) is 7.71. The van der Waals surface area contributed by atoms with Crippen LogP contribution in [0.1, 0.15) is 27.2 Å². The highest BCUT2D eigenvalue weighted by atomic mass is 35.5. The van der Waals surface area contributed by atoms with E-state index in [0.29, 0.717) is 21.7 Å². The van der Waals surface area contributed by atoms with E-state index < -0.39 is 0 Å². The number of halogens is 2. The fraction of sp³-hybridized carbons (Fsp3) is 0.571. The third-order valence-electron chi connectivity index (χ3n) is 2.65. The first-order chi connectivity index (χ1) is 9.85. The summed E-state index contributed by atoms with van der Waals surface area (Å²) in [7, 11) is 1.77. The van der Waals surface area contributed by atoms with Crippen LogP contribution in [0.3, 0.4) is 0 Å². The molecule has 0 aliphatic carbocycles. The lowest BCUT2D eigenvalue weighted by Gasteiger charge is -2.21. The topological polar surface area (TPSA) is 57.3 Å².